The van der Waals surface area contributed by atoms with Gasteiger partial charge in [-0.05, 0) is 30.7 Å². The predicted molar refractivity (Wildman–Crippen MR) is 104 cm³/mol. The molecule has 0 aliphatic carbocycles. The van der Waals surface area contributed by atoms with E-state index in [9.17, 15) is 0 Å². The zero-order valence-corrected chi connectivity index (χ0v) is 16.0. The lowest BCUT2D eigenvalue weighted by atomic mass is 10.2. The van der Waals surface area contributed by atoms with Gasteiger partial charge in [0.2, 0.25) is 0 Å². The first-order valence-electron chi connectivity index (χ1n) is 7.75. The van der Waals surface area contributed by atoms with E-state index in [0.29, 0.717) is 29.8 Å². The molecule has 0 fully saturated rings. The van der Waals surface area contributed by atoms with E-state index in [1.54, 1.807) is 7.11 Å². The molecule has 3 rings (SSSR count). The molecule has 25 heavy (non-hydrogen) atoms. The number of ether oxygens (including phenoxy) is 2. The Morgan fingerprint density at radius 1 is 1.16 bits per heavy atom. The van der Waals surface area contributed by atoms with Crippen LogP contribution in [0.4, 0.5) is 11.5 Å². The van der Waals surface area contributed by atoms with E-state index in [1.807, 2.05) is 36.4 Å². The summed E-state index contributed by atoms with van der Waals surface area (Å²) >= 11 is 9.17. The van der Waals surface area contributed by atoms with Gasteiger partial charge in [-0.25, -0.2) is 9.97 Å². The summed E-state index contributed by atoms with van der Waals surface area (Å²) in [4.78, 5) is 8.70. The van der Waals surface area contributed by atoms with Crippen LogP contribution in [0.1, 0.15) is 6.42 Å². The highest BCUT2D eigenvalue weighted by Crippen LogP contribution is 2.35. The van der Waals surface area contributed by atoms with Crippen molar-refractivity contribution in [1.82, 2.24) is 9.97 Å². The minimum absolute atomic E-state index is 0.527. The first-order valence-corrected chi connectivity index (χ1v) is 9.08. The van der Waals surface area contributed by atoms with Gasteiger partial charge in [-0.2, -0.15) is 0 Å². The Morgan fingerprint density at radius 3 is 2.80 bits per heavy atom. The van der Waals surface area contributed by atoms with E-state index in [-0.39, 0.29) is 0 Å². The number of methoxy groups -OCH3 is 1. The van der Waals surface area contributed by atoms with Crippen molar-refractivity contribution in [3.63, 3.8) is 0 Å². The molecule has 2 aromatic carbocycles. The molecular formula is C18H17BrClN3O2. The van der Waals surface area contributed by atoms with E-state index in [2.05, 4.69) is 31.2 Å². The molecule has 0 amide bonds. The second-order valence-electron chi connectivity index (χ2n) is 5.27. The highest BCUT2D eigenvalue weighted by molar-refractivity contribution is 9.10. The van der Waals surface area contributed by atoms with Crippen LogP contribution in [0.5, 0.6) is 11.5 Å². The summed E-state index contributed by atoms with van der Waals surface area (Å²) in [5.74, 6) is 2.54. The van der Waals surface area contributed by atoms with Gasteiger partial charge < -0.3 is 14.8 Å². The maximum Gasteiger partial charge on any atom is 0.163 e. The van der Waals surface area contributed by atoms with Crippen molar-refractivity contribution in [2.45, 2.75) is 6.42 Å². The first kappa shape index (κ1) is 17.8. The van der Waals surface area contributed by atoms with E-state index < -0.39 is 0 Å². The molecule has 0 bridgehead atoms. The molecule has 0 spiro atoms. The summed E-state index contributed by atoms with van der Waals surface area (Å²) < 4.78 is 12.2. The summed E-state index contributed by atoms with van der Waals surface area (Å²) in [7, 11) is 1.61. The van der Waals surface area contributed by atoms with Crippen molar-refractivity contribution in [2.75, 3.05) is 24.9 Å². The van der Waals surface area contributed by atoms with Crippen LogP contribution >= 0.6 is 27.5 Å². The van der Waals surface area contributed by atoms with Crippen LogP contribution in [-0.4, -0.2) is 29.6 Å². The number of fused-ring (bicyclic) bond motifs is 1. The van der Waals surface area contributed by atoms with Gasteiger partial charge >= 0.3 is 0 Å². The topological polar surface area (TPSA) is 56.3 Å². The fourth-order valence-corrected chi connectivity index (χ4v) is 2.88. The van der Waals surface area contributed by atoms with Gasteiger partial charge in [0.1, 0.15) is 12.1 Å². The molecule has 0 radical (unpaired) electrons. The number of halogens is 2. The molecule has 130 valence electrons. The molecule has 1 N–H and O–H groups in total. The van der Waals surface area contributed by atoms with Gasteiger partial charge in [0, 0.05) is 27.5 Å². The zero-order chi connectivity index (χ0) is 17.6. The minimum atomic E-state index is 0.527. The average Bonchev–Trinajstić information content (AvgIpc) is 2.61. The van der Waals surface area contributed by atoms with Crippen molar-refractivity contribution in [1.29, 1.82) is 0 Å². The van der Waals surface area contributed by atoms with E-state index >= 15 is 0 Å². The number of nitrogens with one attached hydrogen (secondary N) is 1. The van der Waals surface area contributed by atoms with E-state index in [4.69, 9.17) is 21.1 Å². The molecule has 7 heteroatoms. The summed E-state index contributed by atoms with van der Waals surface area (Å²) in [5, 5.41) is 4.17. The van der Waals surface area contributed by atoms with Crippen LogP contribution in [0.3, 0.4) is 0 Å². The average molecular weight is 423 g/mol. The monoisotopic (exact) mass is 421 g/mol. The Labute approximate surface area is 159 Å². The van der Waals surface area contributed by atoms with Gasteiger partial charge in [0.25, 0.3) is 0 Å². The predicted octanol–water partition coefficient (Wildman–Crippen LogP) is 5.15. The maximum atomic E-state index is 5.75. The second-order valence-corrected chi connectivity index (χ2v) is 6.56. The molecule has 0 saturated heterocycles. The van der Waals surface area contributed by atoms with Crippen LogP contribution in [0, 0.1) is 0 Å². The Kier molecular flexibility index (Phi) is 5.94. The Hall–Kier alpha value is -2.05. The Bertz CT molecular complexity index is 876. The molecule has 1 heterocycles. The van der Waals surface area contributed by atoms with Crippen LogP contribution in [0.15, 0.2) is 47.2 Å². The fourth-order valence-electron chi connectivity index (χ4n) is 2.38. The zero-order valence-electron chi connectivity index (χ0n) is 13.6. The lowest BCUT2D eigenvalue weighted by molar-refractivity contribution is 0.295. The third-order valence-corrected chi connectivity index (χ3v) is 4.30. The number of rotatable bonds is 7. The van der Waals surface area contributed by atoms with Crippen LogP contribution in [0.2, 0.25) is 0 Å². The summed E-state index contributed by atoms with van der Waals surface area (Å²) in [6.07, 6.45) is 2.29. The van der Waals surface area contributed by atoms with Crippen molar-refractivity contribution in [3.05, 3.63) is 47.2 Å². The van der Waals surface area contributed by atoms with Crippen molar-refractivity contribution in [2.24, 2.45) is 0 Å². The molecule has 0 aliphatic heterocycles. The number of hydrogen-bond donors (Lipinski definition) is 1. The van der Waals surface area contributed by atoms with Crippen molar-refractivity contribution >= 4 is 49.9 Å². The summed E-state index contributed by atoms with van der Waals surface area (Å²) in [6, 6.07) is 11.6. The third-order valence-electron chi connectivity index (χ3n) is 3.54. The highest BCUT2D eigenvalue weighted by atomic mass is 79.9. The number of aromatic nitrogens is 2. The number of alkyl halides is 1. The molecule has 0 saturated carbocycles. The molecule has 5 nitrogen and oxygen atoms in total. The maximum absolute atomic E-state index is 5.75. The normalized spacial score (nSPS) is 10.7. The minimum Gasteiger partial charge on any atom is -0.493 e. The van der Waals surface area contributed by atoms with Crippen LogP contribution in [-0.2, 0) is 0 Å². The largest absolute Gasteiger partial charge is 0.493 e. The molecule has 3 aromatic rings. The van der Waals surface area contributed by atoms with Gasteiger partial charge in [-0.15, -0.1) is 11.6 Å². The lowest BCUT2D eigenvalue weighted by Crippen LogP contribution is -2.01. The van der Waals surface area contributed by atoms with Gasteiger partial charge in [-0.3, -0.25) is 0 Å². The van der Waals surface area contributed by atoms with Gasteiger partial charge in [0.05, 0.1) is 19.2 Å². The van der Waals surface area contributed by atoms with Gasteiger partial charge in [-0.1, -0.05) is 22.0 Å². The molecule has 1 aromatic heterocycles. The Morgan fingerprint density at radius 2 is 2.04 bits per heavy atom. The molecule has 0 unspecified atom stereocenters. The van der Waals surface area contributed by atoms with Crippen LogP contribution in [0.25, 0.3) is 10.9 Å². The SMILES string of the molecule is COc1cc2c(Nc3cccc(Br)c3)ncnc2cc1OCCCCl. The lowest BCUT2D eigenvalue weighted by Gasteiger charge is -2.13. The van der Waals surface area contributed by atoms with Crippen molar-refractivity contribution in [3.8, 4) is 11.5 Å². The third kappa shape index (κ3) is 4.32. The molecular weight excluding hydrogens is 406 g/mol. The van der Waals surface area contributed by atoms with E-state index in [0.717, 1.165) is 27.5 Å². The number of benzene rings is 2. The second kappa shape index (κ2) is 8.36. The van der Waals surface area contributed by atoms with Crippen LogP contribution < -0.4 is 14.8 Å². The number of nitrogens with zero attached hydrogens (tertiary/aromatic N) is 2. The van der Waals surface area contributed by atoms with Crippen molar-refractivity contribution < 1.29 is 9.47 Å². The fraction of sp³-hybridized carbons (Fsp3) is 0.222. The molecule has 0 aliphatic rings. The van der Waals surface area contributed by atoms with E-state index in [1.165, 1.54) is 6.33 Å². The quantitative estimate of drug-likeness (QED) is 0.421. The first-order chi connectivity index (χ1) is 12.2. The smallest absolute Gasteiger partial charge is 0.163 e. The summed E-state index contributed by atoms with van der Waals surface area (Å²) in [5.41, 5.74) is 1.70. The van der Waals surface area contributed by atoms with Gasteiger partial charge in [0.15, 0.2) is 11.5 Å². The molecule has 0 atom stereocenters. The number of hydrogen-bond acceptors (Lipinski definition) is 5. The standard InChI is InChI=1S/C18H17BrClN3O2/c1-24-16-9-14-15(10-17(16)25-7-3-6-20)21-11-22-18(14)23-13-5-2-4-12(19)8-13/h2,4-5,8-11H,3,6-7H2,1H3,(H,21,22,23). The Balaban J connectivity index is 1.97. The summed E-state index contributed by atoms with van der Waals surface area (Å²) in [6.45, 7) is 0.527. The number of anilines is 2. The highest BCUT2D eigenvalue weighted by Gasteiger charge is 2.12.